The first kappa shape index (κ1) is 29.6. The standard InChI is InChI=1S/C19H13Cl2NO3S.C13H11NO/c20-16-11-10-14(12-17(16)21)26(24,25)22-18-9-5-4-8-15(18)19(23)13-6-2-1-3-7-13;14-12-9-5-4-8-11(12)13(15)10-6-2-1-3-7-10/h1-12,22H;1-9H,14H2. The molecule has 0 amide bonds. The third kappa shape index (κ3) is 7.41. The van der Waals surface area contributed by atoms with Crippen LogP contribution in [0.2, 0.25) is 10.0 Å². The minimum Gasteiger partial charge on any atom is -0.398 e. The molecule has 41 heavy (non-hydrogen) atoms. The third-order valence-corrected chi connectivity index (χ3v) is 8.00. The number of hydrogen-bond acceptors (Lipinski definition) is 5. The molecule has 0 aliphatic rings. The number of carbonyl (C=O) groups excluding carboxylic acids is 2. The minimum atomic E-state index is -3.94. The van der Waals surface area contributed by atoms with Gasteiger partial charge in [-0.2, -0.15) is 0 Å². The van der Waals surface area contributed by atoms with Crippen molar-refractivity contribution in [2.75, 3.05) is 10.5 Å². The van der Waals surface area contributed by atoms with Gasteiger partial charge in [0.15, 0.2) is 11.6 Å². The Bertz CT molecular complexity index is 1800. The van der Waals surface area contributed by atoms with E-state index in [0.29, 0.717) is 22.4 Å². The SMILES string of the molecule is Nc1ccccc1C(=O)c1ccccc1.O=C(c1ccccc1)c1ccccc1NS(=O)(=O)c1ccc(Cl)c(Cl)c1. The van der Waals surface area contributed by atoms with E-state index in [2.05, 4.69) is 4.72 Å². The molecule has 0 aromatic heterocycles. The summed E-state index contributed by atoms with van der Waals surface area (Å²) in [7, 11) is -3.94. The van der Waals surface area contributed by atoms with Gasteiger partial charge in [0.2, 0.25) is 0 Å². The number of ketones is 2. The summed E-state index contributed by atoms with van der Waals surface area (Å²) in [6, 6.07) is 35.3. The van der Waals surface area contributed by atoms with Crippen LogP contribution in [0.4, 0.5) is 11.4 Å². The quantitative estimate of drug-likeness (QED) is 0.148. The van der Waals surface area contributed by atoms with Gasteiger partial charge in [0.25, 0.3) is 10.0 Å². The summed E-state index contributed by atoms with van der Waals surface area (Å²) in [5.41, 5.74) is 8.39. The number of hydrogen-bond donors (Lipinski definition) is 2. The van der Waals surface area contributed by atoms with Crippen molar-refractivity contribution in [1.82, 2.24) is 0 Å². The van der Waals surface area contributed by atoms with Gasteiger partial charge in [0.1, 0.15) is 0 Å². The van der Waals surface area contributed by atoms with E-state index >= 15 is 0 Å². The second-order valence-electron chi connectivity index (χ2n) is 8.70. The molecule has 0 aliphatic heterocycles. The van der Waals surface area contributed by atoms with E-state index in [1.54, 1.807) is 72.8 Å². The Labute approximate surface area is 248 Å². The molecule has 0 saturated carbocycles. The van der Waals surface area contributed by atoms with Crippen molar-refractivity contribution >= 4 is 56.2 Å². The molecule has 0 heterocycles. The molecular weight excluding hydrogens is 579 g/mol. The molecule has 0 fully saturated rings. The van der Waals surface area contributed by atoms with Crippen LogP contribution in [-0.2, 0) is 10.0 Å². The Kier molecular flexibility index (Phi) is 9.57. The van der Waals surface area contributed by atoms with Gasteiger partial charge in [-0.15, -0.1) is 0 Å². The number of rotatable bonds is 7. The largest absolute Gasteiger partial charge is 0.398 e. The monoisotopic (exact) mass is 602 g/mol. The van der Waals surface area contributed by atoms with Gasteiger partial charge < -0.3 is 5.73 Å². The van der Waals surface area contributed by atoms with Crippen LogP contribution in [-0.4, -0.2) is 20.0 Å². The van der Waals surface area contributed by atoms with Gasteiger partial charge in [-0.25, -0.2) is 8.42 Å². The fraction of sp³-hybridized carbons (Fsp3) is 0. The predicted molar refractivity (Wildman–Crippen MR) is 164 cm³/mol. The van der Waals surface area contributed by atoms with E-state index in [1.807, 2.05) is 30.3 Å². The molecule has 0 atom stereocenters. The highest BCUT2D eigenvalue weighted by Crippen LogP contribution is 2.27. The zero-order valence-electron chi connectivity index (χ0n) is 21.5. The number of para-hydroxylation sites is 2. The molecule has 0 radical (unpaired) electrons. The maximum atomic E-state index is 12.7. The summed E-state index contributed by atoms with van der Waals surface area (Å²) in [6.45, 7) is 0. The molecule has 5 rings (SSSR count). The smallest absolute Gasteiger partial charge is 0.261 e. The van der Waals surface area contributed by atoms with E-state index in [9.17, 15) is 18.0 Å². The number of anilines is 2. The van der Waals surface area contributed by atoms with E-state index in [0.717, 1.165) is 0 Å². The number of carbonyl (C=O) groups is 2. The van der Waals surface area contributed by atoms with Gasteiger partial charge in [-0.1, -0.05) is 108 Å². The molecule has 3 N–H and O–H groups in total. The van der Waals surface area contributed by atoms with Crippen molar-refractivity contribution in [3.63, 3.8) is 0 Å². The molecule has 6 nitrogen and oxygen atoms in total. The Morgan fingerprint density at radius 3 is 1.63 bits per heavy atom. The lowest BCUT2D eigenvalue weighted by Gasteiger charge is -2.12. The van der Waals surface area contributed by atoms with E-state index in [4.69, 9.17) is 28.9 Å². The van der Waals surface area contributed by atoms with Crippen LogP contribution in [0.3, 0.4) is 0 Å². The zero-order valence-corrected chi connectivity index (χ0v) is 23.8. The average molecular weight is 604 g/mol. The summed E-state index contributed by atoms with van der Waals surface area (Å²) in [5, 5.41) is 0.383. The van der Waals surface area contributed by atoms with E-state index in [1.165, 1.54) is 24.3 Å². The molecule has 9 heteroatoms. The van der Waals surface area contributed by atoms with Crippen LogP contribution in [0.1, 0.15) is 31.8 Å². The summed E-state index contributed by atoms with van der Waals surface area (Å²) in [4.78, 5) is 24.7. The fourth-order valence-corrected chi connectivity index (χ4v) is 5.28. The lowest BCUT2D eigenvalue weighted by atomic mass is 10.0. The predicted octanol–water partition coefficient (Wildman–Crippen LogP) is 7.53. The minimum absolute atomic E-state index is 0.0336. The normalized spacial score (nSPS) is 10.7. The lowest BCUT2D eigenvalue weighted by molar-refractivity contribution is 0.103. The number of halogens is 2. The third-order valence-electron chi connectivity index (χ3n) is 5.89. The molecule has 0 bridgehead atoms. The molecule has 0 spiro atoms. The van der Waals surface area contributed by atoms with Crippen LogP contribution >= 0.6 is 23.2 Å². The Morgan fingerprint density at radius 1 is 0.585 bits per heavy atom. The Balaban J connectivity index is 0.000000218. The maximum absolute atomic E-state index is 12.7. The number of nitrogen functional groups attached to an aromatic ring is 1. The van der Waals surface area contributed by atoms with Gasteiger partial charge >= 0.3 is 0 Å². The van der Waals surface area contributed by atoms with Crippen LogP contribution < -0.4 is 10.5 Å². The molecule has 5 aromatic carbocycles. The molecule has 206 valence electrons. The molecule has 0 aliphatic carbocycles. The number of benzene rings is 5. The van der Waals surface area contributed by atoms with Crippen LogP contribution in [0, 0.1) is 0 Å². The second kappa shape index (κ2) is 13.3. The first-order valence-electron chi connectivity index (χ1n) is 12.3. The zero-order chi connectivity index (χ0) is 29.4. The maximum Gasteiger partial charge on any atom is 0.261 e. The van der Waals surface area contributed by atoms with E-state index in [-0.39, 0.29) is 37.8 Å². The molecule has 5 aromatic rings. The van der Waals surface area contributed by atoms with Gasteiger partial charge in [0, 0.05) is 27.9 Å². The van der Waals surface area contributed by atoms with Crippen molar-refractivity contribution in [1.29, 1.82) is 0 Å². The number of nitrogens with one attached hydrogen (secondary N) is 1. The van der Waals surface area contributed by atoms with Gasteiger partial charge in [-0.05, 0) is 42.5 Å². The van der Waals surface area contributed by atoms with Crippen LogP contribution in [0.5, 0.6) is 0 Å². The van der Waals surface area contributed by atoms with Crippen LogP contribution in [0.15, 0.2) is 132 Å². The summed E-state index contributed by atoms with van der Waals surface area (Å²) in [6.07, 6.45) is 0. The number of nitrogens with two attached hydrogens (primary N) is 1. The van der Waals surface area contributed by atoms with Crippen LogP contribution in [0.25, 0.3) is 0 Å². The van der Waals surface area contributed by atoms with Crippen molar-refractivity contribution < 1.29 is 18.0 Å². The van der Waals surface area contributed by atoms with Crippen molar-refractivity contribution in [2.24, 2.45) is 0 Å². The molecule has 0 unspecified atom stereocenters. The highest BCUT2D eigenvalue weighted by atomic mass is 35.5. The van der Waals surface area contributed by atoms with Gasteiger partial charge in [-0.3, -0.25) is 14.3 Å². The van der Waals surface area contributed by atoms with E-state index < -0.39 is 10.0 Å². The molecule has 0 saturated heterocycles. The van der Waals surface area contributed by atoms with Gasteiger partial charge in [0.05, 0.1) is 20.6 Å². The highest BCUT2D eigenvalue weighted by molar-refractivity contribution is 7.92. The topological polar surface area (TPSA) is 106 Å². The summed E-state index contributed by atoms with van der Waals surface area (Å²) < 4.78 is 27.8. The molecular formula is C32H24Cl2N2O4S. The lowest BCUT2D eigenvalue weighted by Crippen LogP contribution is -2.16. The van der Waals surface area contributed by atoms with Crippen molar-refractivity contribution in [3.8, 4) is 0 Å². The summed E-state index contributed by atoms with van der Waals surface area (Å²) in [5.74, 6) is -0.313. The first-order valence-corrected chi connectivity index (χ1v) is 14.5. The fourth-order valence-electron chi connectivity index (χ4n) is 3.81. The Hall–Kier alpha value is -4.43. The summed E-state index contributed by atoms with van der Waals surface area (Å²) >= 11 is 11.7. The van der Waals surface area contributed by atoms with Crippen molar-refractivity contribution in [2.45, 2.75) is 4.90 Å². The average Bonchev–Trinajstić information content (AvgIpc) is 2.99. The van der Waals surface area contributed by atoms with Crippen molar-refractivity contribution in [3.05, 3.63) is 160 Å². The second-order valence-corrected chi connectivity index (χ2v) is 11.2. The highest BCUT2D eigenvalue weighted by Gasteiger charge is 2.20. The first-order chi connectivity index (χ1) is 19.7. The Morgan fingerprint density at radius 2 is 1.07 bits per heavy atom. The number of sulfonamides is 1.